The van der Waals surface area contributed by atoms with Gasteiger partial charge in [-0.15, -0.1) is 24.8 Å². The average Bonchev–Trinajstić information content (AvgIpc) is 3.39. The topological polar surface area (TPSA) is 77.3 Å². The number of ether oxygens (including phenoxy) is 3. The molecule has 1 aromatic rings. The molecule has 0 aromatic heterocycles. The maximum atomic E-state index is 12.3. The number of carbonyl (C=O) groups excluding carboxylic acids is 1. The molecule has 0 radical (unpaired) electrons. The van der Waals surface area contributed by atoms with Gasteiger partial charge in [0.2, 0.25) is 11.7 Å². The van der Waals surface area contributed by atoms with Crippen LogP contribution in [0.5, 0.6) is 17.2 Å². The molecule has 0 atom stereocenters. The summed E-state index contributed by atoms with van der Waals surface area (Å²) in [6, 6.07) is 3.94. The van der Waals surface area contributed by atoms with Gasteiger partial charge in [0.1, 0.15) is 0 Å². The van der Waals surface area contributed by atoms with Crippen LogP contribution in [0.15, 0.2) is 12.1 Å². The lowest BCUT2D eigenvalue weighted by atomic mass is 10.1. The van der Waals surface area contributed by atoms with Crippen LogP contribution in [0.2, 0.25) is 0 Å². The standard InChI is InChI=1S/C18H27N3O4.2ClH/c1-23-14-10-13(11-15(24-2)16(14)25-3)12-20-6-8-21(9-7-20)17(22)18(19)4-5-18;;/h10-11H,4-9,12,19H2,1-3H3;2*1H. The van der Waals surface area contributed by atoms with Gasteiger partial charge >= 0.3 is 0 Å². The molecule has 27 heavy (non-hydrogen) atoms. The fourth-order valence-corrected chi connectivity index (χ4v) is 3.26. The maximum absolute atomic E-state index is 12.3. The quantitative estimate of drug-likeness (QED) is 0.752. The first kappa shape index (κ1) is 23.6. The smallest absolute Gasteiger partial charge is 0.242 e. The van der Waals surface area contributed by atoms with Crippen LogP contribution in [0.1, 0.15) is 18.4 Å². The van der Waals surface area contributed by atoms with E-state index in [1.807, 2.05) is 17.0 Å². The second-order valence-electron chi connectivity index (χ2n) is 6.76. The van der Waals surface area contributed by atoms with Gasteiger partial charge in [-0.05, 0) is 30.5 Å². The zero-order valence-electron chi connectivity index (χ0n) is 16.0. The fraction of sp³-hybridized carbons (Fsp3) is 0.611. The Morgan fingerprint density at radius 2 is 1.52 bits per heavy atom. The minimum atomic E-state index is -0.571. The molecule has 2 N–H and O–H groups in total. The van der Waals surface area contributed by atoms with Gasteiger partial charge < -0.3 is 24.8 Å². The normalized spacial score (nSPS) is 18.0. The number of carbonyl (C=O) groups is 1. The molecule has 0 bridgehead atoms. The van der Waals surface area contributed by atoms with Crippen molar-refractivity contribution in [3.63, 3.8) is 0 Å². The second kappa shape index (κ2) is 9.68. The number of benzene rings is 1. The SMILES string of the molecule is COc1cc(CN2CCN(C(=O)C3(N)CC3)CC2)cc(OC)c1OC.Cl.Cl. The Morgan fingerprint density at radius 3 is 1.93 bits per heavy atom. The molecule has 1 aliphatic heterocycles. The van der Waals surface area contributed by atoms with E-state index < -0.39 is 5.54 Å². The van der Waals surface area contributed by atoms with Crippen molar-refractivity contribution >= 4 is 30.7 Å². The molecule has 2 fully saturated rings. The highest BCUT2D eigenvalue weighted by Crippen LogP contribution is 2.38. The summed E-state index contributed by atoms with van der Waals surface area (Å²) >= 11 is 0. The van der Waals surface area contributed by atoms with Gasteiger partial charge in [0.25, 0.3) is 0 Å². The molecule has 1 aromatic carbocycles. The minimum absolute atomic E-state index is 0. The van der Waals surface area contributed by atoms with Crippen molar-refractivity contribution in [2.45, 2.75) is 24.9 Å². The number of amides is 1. The van der Waals surface area contributed by atoms with Gasteiger partial charge in [-0.1, -0.05) is 0 Å². The molecule has 7 nitrogen and oxygen atoms in total. The largest absolute Gasteiger partial charge is 0.493 e. The molecule has 2 aliphatic rings. The van der Waals surface area contributed by atoms with Crippen molar-refractivity contribution in [1.29, 1.82) is 0 Å². The van der Waals surface area contributed by atoms with E-state index in [-0.39, 0.29) is 30.7 Å². The average molecular weight is 422 g/mol. The summed E-state index contributed by atoms with van der Waals surface area (Å²) in [5.41, 5.74) is 6.54. The number of hydrogen-bond acceptors (Lipinski definition) is 6. The molecule has 9 heteroatoms. The van der Waals surface area contributed by atoms with Crippen LogP contribution in [0.4, 0.5) is 0 Å². The van der Waals surface area contributed by atoms with Gasteiger partial charge in [-0.2, -0.15) is 0 Å². The monoisotopic (exact) mass is 421 g/mol. The molecule has 3 rings (SSSR count). The van der Waals surface area contributed by atoms with Crippen molar-refractivity contribution in [3.8, 4) is 17.2 Å². The predicted octanol–water partition coefficient (Wildman–Crippen LogP) is 1.69. The van der Waals surface area contributed by atoms with Gasteiger partial charge in [-0.3, -0.25) is 9.69 Å². The van der Waals surface area contributed by atoms with E-state index in [0.717, 1.165) is 51.1 Å². The number of piperazine rings is 1. The molecule has 0 unspecified atom stereocenters. The van der Waals surface area contributed by atoms with Crippen LogP contribution in [0.25, 0.3) is 0 Å². The Bertz CT molecular complexity index is 622. The summed E-state index contributed by atoms with van der Waals surface area (Å²) < 4.78 is 16.2. The highest BCUT2D eigenvalue weighted by molar-refractivity contribution is 5.89. The predicted molar refractivity (Wildman–Crippen MR) is 109 cm³/mol. The van der Waals surface area contributed by atoms with Crippen molar-refractivity contribution in [2.24, 2.45) is 5.73 Å². The van der Waals surface area contributed by atoms with Crippen LogP contribution in [-0.2, 0) is 11.3 Å². The number of hydrogen-bond donors (Lipinski definition) is 1. The molecule has 1 heterocycles. The molecule has 1 amide bonds. The van der Waals surface area contributed by atoms with Crippen LogP contribution in [-0.4, -0.2) is 68.8 Å². The summed E-state index contributed by atoms with van der Waals surface area (Å²) in [6.07, 6.45) is 1.63. The van der Waals surface area contributed by atoms with Gasteiger partial charge in [-0.25, -0.2) is 0 Å². The number of nitrogens with zero attached hydrogens (tertiary/aromatic N) is 2. The van der Waals surface area contributed by atoms with E-state index in [9.17, 15) is 4.79 Å². The molecule has 1 saturated carbocycles. The fourth-order valence-electron chi connectivity index (χ4n) is 3.26. The van der Waals surface area contributed by atoms with Crippen molar-refractivity contribution in [3.05, 3.63) is 17.7 Å². The maximum Gasteiger partial charge on any atom is 0.242 e. The Hall–Kier alpha value is -1.41. The number of halogens is 2. The summed E-state index contributed by atoms with van der Waals surface area (Å²) in [5.74, 6) is 2.02. The minimum Gasteiger partial charge on any atom is -0.493 e. The van der Waals surface area contributed by atoms with E-state index in [4.69, 9.17) is 19.9 Å². The van der Waals surface area contributed by atoms with E-state index in [1.165, 1.54) is 0 Å². The van der Waals surface area contributed by atoms with E-state index in [2.05, 4.69) is 4.90 Å². The van der Waals surface area contributed by atoms with E-state index >= 15 is 0 Å². The zero-order chi connectivity index (χ0) is 18.0. The van der Waals surface area contributed by atoms with Crippen LogP contribution in [0.3, 0.4) is 0 Å². The van der Waals surface area contributed by atoms with E-state index in [1.54, 1.807) is 21.3 Å². The zero-order valence-corrected chi connectivity index (χ0v) is 17.7. The number of nitrogens with two attached hydrogens (primary N) is 1. The summed E-state index contributed by atoms with van der Waals surface area (Å²) in [4.78, 5) is 16.5. The summed E-state index contributed by atoms with van der Waals surface area (Å²) in [5, 5.41) is 0. The lowest BCUT2D eigenvalue weighted by Crippen LogP contribution is -2.53. The first-order chi connectivity index (χ1) is 12.0. The molecule has 1 saturated heterocycles. The third kappa shape index (κ3) is 5.10. The van der Waals surface area contributed by atoms with Gasteiger partial charge in [0, 0.05) is 32.7 Å². The molecular weight excluding hydrogens is 393 g/mol. The van der Waals surface area contributed by atoms with Gasteiger partial charge in [0.15, 0.2) is 11.5 Å². The number of methoxy groups -OCH3 is 3. The second-order valence-corrected chi connectivity index (χ2v) is 6.76. The number of rotatable bonds is 6. The molecule has 1 aliphatic carbocycles. The first-order valence-electron chi connectivity index (χ1n) is 8.60. The van der Waals surface area contributed by atoms with Crippen LogP contribution in [0, 0.1) is 0 Å². The highest BCUT2D eigenvalue weighted by Gasteiger charge is 2.48. The van der Waals surface area contributed by atoms with Crippen LogP contribution >= 0.6 is 24.8 Å². The van der Waals surface area contributed by atoms with Crippen molar-refractivity contribution in [1.82, 2.24) is 9.80 Å². The van der Waals surface area contributed by atoms with Crippen molar-refractivity contribution in [2.75, 3.05) is 47.5 Å². The molecular formula is C18H29Cl2N3O4. The Kier molecular flexibility index (Phi) is 8.48. The summed E-state index contributed by atoms with van der Waals surface area (Å²) in [6.45, 7) is 3.88. The Morgan fingerprint density at radius 1 is 1.00 bits per heavy atom. The summed E-state index contributed by atoms with van der Waals surface area (Å²) in [7, 11) is 4.83. The highest BCUT2D eigenvalue weighted by atomic mass is 35.5. The van der Waals surface area contributed by atoms with Crippen LogP contribution < -0.4 is 19.9 Å². The molecule has 0 spiro atoms. The van der Waals surface area contributed by atoms with Crippen molar-refractivity contribution < 1.29 is 19.0 Å². The third-order valence-corrected chi connectivity index (χ3v) is 5.00. The first-order valence-corrected chi connectivity index (χ1v) is 8.60. The molecule has 154 valence electrons. The Balaban J connectivity index is 0.00000182. The van der Waals surface area contributed by atoms with E-state index in [0.29, 0.717) is 17.2 Å². The lowest BCUT2D eigenvalue weighted by Gasteiger charge is -2.36. The third-order valence-electron chi connectivity index (χ3n) is 5.00. The lowest BCUT2D eigenvalue weighted by molar-refractivity contribution is -0.135. The van der Waals surface area contributed by atoms with Gasteiger partial charge in [0.05, 0.1) is 26.9 Å². The Labute approximate surface area is 172 Å².